The normalized spacial score (nSPS) is 11.1. The van der Waals surface area contributed by atoms with Gasteiger partial charge in [-0.1, -0.05) is 60.7 Å². The average Bonchev–Trinajstić information content (AvgIpc) is 2.58. The van der Waals surface area contributed by atoms with Gasteiger partial charge < -0.3 is 0 Å². The average molecular weight is 349 g/mol. The molecule has 1 N–H and O–H groups in total. The standard InChI is InChI=1S/C18H20FNO3S/c19-13-7-8-14-20(24(21,22)23)15-18(16-9-3-1-4-10-16)17-11-5-2-6-12-17/h1-6,9-12,15H,7-8,13-14H2,(H,21,22,23). The molecule has 2 aromatic rings. The van der Waals surface area contributed by atoms with Gasteiger partial charge in [-0.15, -0.1) is 0 Å². The number of hydrogen-bond acceptors (Lipinski definition) is 2. The summed E-state index contributed by atoms with van der Waals surface area (Å²) in [5.74, 6) is 0. The zero-order valence-electron chi connectivity index (χ0n) is 13.2. The Hall–Kier alpha value is -2.18. The molecule has 128 valence electrons. The van der Waals surface area contributed by atoms with Gasteiger partial charge in [0.2, 0.25) is 0 Å². The first kappa shape index (κ1) is 18.2. The second-order valence-corrected chi connectivity index (χ2v) is 6.62. The first-order chi connectivity index (χ1) is 11.5. The molecule has 0 atom stereocenters. The quantitative estimate of drug-likeness (QED) is 0.580. The zero-order chi connectivity index (χ0) is 17.4. The van der Waals surface area contributed by atoms with E-state index in [1.165, 1.54) is 6.20 Å². The van der Waals surface area contributed by atoms with E-state index in [4.69, 9.17) is 0 Å². The van der Waals surface area contributed by atoms with Gasteiger partial charge in [0.1, 0.15) is 0 Å². The Bertz CT molecular complexity index is 720. The predicted octanol–water partition coefficient (Wildman–Crippen LogP) is 3.93. The van der Waals surface area contributed by atoms with E-state index in [1.807, 2.05) is 60.7 Å². The fourth-order valence-corrected chi connectivity index (χ4v) is 2.90. The van der Waals surface area contributed by atoms with Crippen molar-refractivity contribution in [2.45, 2.75) is 12.8 Å². The lowest BCUT2D eigenvalue weighted by atomic mass is 9.99. The van der Waals surface area contributed by atoms with Crippen molar-refractivity contribution >= 4 is 15.9 Å². The Morgan fingerprint density at radius 3 is 1.88 bits per heavy atom. The molecule has 0 radical (unpaired) electrons. The van der Waals surface area contributed by atoms with Crippen molar-refractivity contribution in [1.29, 1.82) is 0 Å². The van der Waals surface area contributed by atoms with Crippen LogP contribution in [0.25, 0.3) is 5.57 Å². The van der Waals surface area contributed by atoms with E-state index in [0.29, 0.717) is 12.0 Å². The van der Waals surface area contributed by atoms with Gasteiger partial charge >= 0.3 is 10.3 Å². The Labute approximate surface area is 142 Å². The summed E-state index contributed by atoms with van der Waals surface area (Å²) in [5, 5.41) is 0. The van der Waals surface area contributed by atoms with Gasteiger partial charge in [0, 0.05) is 18.3 Å². The van der Waals surface area contributed by atoms with Crippen LogP contribution in [0.15, 0.2) is 66.9 Å². The Kier molecular flexibility index (Phi) is 6.52. The summed E-state index contributed by atoms with van der Waals surface area (Å²) in [6, 6.07) is 18.6. The molecule has 2 rings (SSSR count). The van der Waals surface area contributed by atoms with Crippen LogP contribution in [0.2, 0.25) is 0 Å². The molecule has 24 heavy (non-hydrogen) atoms. The highest BCUT2D eigenvalue weighted by atomic mass is 32.2. The summed E-state index contributed by atoms with van der Waals surface area (Å²) in [6.07, 6.45) is 1.97. The molecule has 0 aliphatic carbocycles. The number of rotatable bonds is 8. The topological polar surface area (TPSA) is 57.6 Å². The lowest BCUT2D eigenvalue weighted by molar-refractivity contribution is 0.387. The predicted molar refractivity (Wildman–Crippen MR) is 93.4 cm³/mol. The van der Waals surface area contributed by atoms with Crippen molar-refractivity contribution in [3.8, 4) is 0 Å². The number of unbranched alkanes of at least 4 members (excludes halogenated alkanes) is 1. The largest absolute Gasteiger partial charge is 0.359 e. The first-order valence-corrected chi connectivity index (χ1v) is 9.05. The maximum atomic E-state index is 12.3. The molecule has 0 heterocycles. The van der Waals surface area contributed by atoms with Gasteiger partial charge in [0.05, 0.1) is 6.67 Å². The van der Waals surface area contributed by atoms with Crippen molar-refractivity contribution in [3.63, 3.8) is 0 Å². The minimum atomic E-state index is -4.42. The summed E-state index contributed by atoms with van der Waals surface area (Å²) in [6.45, 7) is -0.501. The van der Waals surface area contributed by atoms with Gasteiger partial charge in [0.25, 0.3) is 0 Å². The highest BCUT2D eigenvalue weighted by molar-refractivity contribution is 7.83. The summed E-state index contributed by atoms with van der Waals surface area (Å²) in [5.41, 5.74) is 2.31. The van der Waals surface area contributed by atoms with Gasteiger partial charge in [-0.2, -0.15) is 8.42 Å². The highest BCUT2D eigenvalue weighted by Crippen LogP contribution is 2.24. The van der Waals surface area contributed by atoms with Crippen molar-refractivity contribution in [3.05, 3.63) is 78.0 Å². The van der Waals surface area contributed by atoms with Crippen molar-refractivity contribution in [2.24, 2.45) is 0 Å². The van der Waals surface area contributed by atoms with Crippen LogP contribution in [-0.2, 0) is 10.3 Å². The molecule has 6 heteroatoms. The van der Waals surface area contributed by atoms with Crippen LogP contribution < -0.4 is 0 Å². The van der Waals surface area contributed by atoms with Crippen LogP contribution >= 0.6 is 0 Å². The number of alkyl halides is 1. The van der Waals surface area contributed by atoms with Crippen molar-refractivity contribution < 1.29 is 17.4 Å². The molecular weight excluding hydrogens is 329 g/mol. The molecule has 0 saturated heterocycles. The van der Waals surface area contributed by atoms with Gasteiger partial charge in [-0.3, -0.25) is 13.2 Å². The first-order valence-electron chi connectivity index (χ1n) is 7.65. The second-order valence-electron chi connectivity index (χ2n) is 5.26. The third-order valence-corrected chi connectivity index (χ3v) is 4.38. The van der Waals surface area contributed by atoms with Gasteiger partial charge in [-0.25, -0.2) is 0 Å². The van der Waals surface area contributed by atoms with Crippen LogP contribution in [0.5, 0.6) is 0 Å². The van der Waals surface area contributed by atoms with E-state index in [1.54, 1.807) is 0 Å². The maximum Gasteiger partial charge on any atom is 0.359 e. The lowest BCUT2D eigenvalue weighted by Crippen LogP contribution is -2.26. The SMILES string of the molecule is O=S(=O)(O)N(C=C(c1ccccc1)c1ccccc1)CCCCF. The molecule has 0 aromatic heterocycles. The molecule has 0 saturated carbocycles. The van der Waals surface area contributed by atoms with E-state index in [0.717, 1.165) is 15.4 Å². The highest BCUT2D eigenvalue weighted by Gasteiger charge is 2.17. The second kappa shape index (κ2) is 8.61. The summed E-state index contributed by atoms with van der Waals surface area (Å²) < 4.78 is 46.0. The van der Waals surface area contributed by atoms with Crippen molar-refractivity contribution in [2.75, 3.05) is 13.2 Å². The van der Waals surface area contributed by atoms with Crippen LogP contribution in [0.4, 0.5) is 4.39 Å². The molecule has 4 nitrogen and oxygen atoms in total. The molecule has 0 aliphatic heterocycles. The number of halogens is 1. The van der Waals surface area contributed by atoms with E-state index in [9.17, 15) is 17.4 Å². The molecule has 0 amide bonds. The van der Waals surface area contributed by atoms with Crippen LogP contribution in [0.3, 0.4) is 0 Å². The molecular formula is C18H20FNO3S. The van der Waals surface area contributed by atoms with Crippen LogP contribution in [0, 0.1) is 0 Å². The Morgan fingerprint density at radius 2 is 1.46 bits per heavy atom. The zero-order valence-corrected chi connectivity index (χ0v) is 14.0. The molecule has 0 fully saturated rings. The molecule has 0 unspecified atom stereocenters. The Morgan fingerprint density at radius 1 is 0.958 bits per heavy atom. The minimum Gasteiger partial charge on any atom is -0.269 e. The van der Waals surface area contributed by atoms with E-state index >= 15 is 0 Å². The number of nitrogens with zero attached hydrogens (tertiary/aromatic N) is 1. The number of hydrogen-bond donors (Lipinski definition) is 1. The van der Waals surface area contributed by atoms with Crippen LogP contribution in [-0.4, -0.2) is 30.5 Å². The summed E-state index contributed by atoms with van der Waals surface area (Å²) in [4.78, 5) is 0. The molecule has 2 aromatic carbocycles. The van der Waals surface area contributed by atoms with E-state index < -0.39 is 17.0 Å². The monoisotopic (exact) mass is 349 g/mol. The van der Waals surface area contributed by atoms with Gasteiger partial charge in [0.15, 0.2) is 0 Å². The lowest BCUT2D eigenvalue weighted by Gasteiger charge is -2.19. The maximum absolute atomic E-state index is 12.3. The third kappa shape index (κ3) is 5.18. The fraction of sp³-hybridized carbons (Fsp3) is 0.222. The fourth-order valence-electron chi connectivity index (χ4n) is 2.30. The minimum absolute atomic E-state index is 0.0198. The van der Waals surface area contributed by atoms with E-state index in [2.05, 4.69) is 0 Å². The summed E-state index contributed by atoms with van der Waals surface area (Å²) >= 11 is 0. The molecule has 0 bridgehead atoms. The summed E-state index contributed by atoms with van der Waals surface area (Å²) in [7, 11) is -4.42. The Balaban J connectivity index is 2.45. The third-order valence-electron chi connectivity index (χ3n) is 3.50. The molecule has 0 spiro atoms. The van der Waals surface area contributed by atoms with E-state index in [-0.39, 0.29) is 13.0 Å². The van der Waals surface area contributed by atoms with Crippen molar-refractivity contribution in [1.82, 2.24) is 4.31 Å². The smallest absolute Gasteiger partial charge is 0.269 e. The molecule has 0 aliphatic rings. The number of benzene rings is 2. The van der Waals surface area contributed by atoms with Gasteiger partial charge in [-0.05, 0) is 24.0 Å². The van der Waals surface area contributed by atoms with Crippen LogP contribution in [0.1, 0.15) is 24.0 Å².